The summed E-state index contributed by atoms with van der Waals surface area (Å²) >= 11 is 0.822. The Kier molecular flexibility index (Phi) is 5.69. The van der Waals surface area contributed by atoms with Crippen LogP contribution in [0.15, 0.2) is 17.0 Å². The molecule has 27 heavy (non-hydrogen) atoms. The first-order valence-electron chi connectivity index (χ1n) is 8.71. The largest absolute Gasteiger partial charge is 0.500 e. The van der Waals surface area contributed by atoms with Crippen LogP contribution in [-0.4, -0.2) is 39.7 Å². The first-order chi connectivity index (χ1) is 12.9. The van der Waals surface area contributed by atoms with Gasteiger partial charge in [-0.1, -0.05) is 19.3 Å². The third kappa shape index (κ3) is 4.08. The van der Waals surface area contributed by atoms with Crippen molar-refractivity contribution in [2.45, 2.75) is 32.1 Å². The number of aromatic hydroxyl groups is 1. The number of hydrogen-bond acceptors (Lipinski definition) is 7. The molecule has 3 rings (SSSR count). The Morgan fingerprint density at radius 1 is 1.33 bits per heavy atom. The second-order valence-electron chi connectivity index (χ2n) is 6.64. The predicted molar refractivity (Wildman–Crippen MR) is 101 cm³/mol. The molecule has 0 bridgehead atoms. The van der Waals surface area contributed by atoms with Crippen LogP contribution in [0.25, 0.3) is 6.08 Å². The zero-order chi connectivity index (χ0) is 19.6. The van der Waals surface area contributed by atoms with E-state index in [4.69, 9.17) is 4.74 Å². The van der Waals surface area contributed by atoms with Gasteiger partial charge in [-0.15, -0.1) is 0 Å². The molecular formula is C18H20N2O6S. The van der Waals surface area contributed by atoms with Crippen LogP contribution in [0.4, 0.5) is 10.5 Å². The summed E-state index contributed by atoms with van der Waals surface area (Å²) < 4.78 is 4.96. The zero-order valence-electron chi connectivity index (χ0n) is 14.8. The van der Waals surface area contributed by atoms with Gasteiger partial charge in [0.2, 0.25) is 5.75 Å². The Balaban J connectivity index is 1.85. The molecule has 2 amide bonds. The maximum atomic E-state index is 12.6. The molecule has 1 aromatic carbocycles. The summed E-state index contributed by atoms with van der Waals surface area (Å²) in [4.78, 5) is 36.7. The number of benzene rings is 1. The number of carbonyl (C=O) groups is 2. The summed E-state index contributed by atoms with van der Waals surface area (Å²) in [5, 5.41) is 20.6. The average Bonchev–Trinajstić information content (AvgIpc) is 2.91. The van der Waals surface area contributed by atoms with Gasteiger partial charge in [0, 0.05) is 12.6 Å². The molecule has 1 N–H and O–H groups in total. The number of amides is 2. The van der Waals surface area contributed by atoms with E-state index < -0.39 is 16.4 Å². The van der Waals surface area contributed by atoms with Crippen molar-refractivity contribution in [1.82, 2.24) is 4.90 Å². The van der Waals surface area contributed by atoms with Gasteiger partial charge < -0.3 is 9.84 Å². The molecule has 0 unspecified atom stereocenters. The molecule has 1 aromatic rings. The van der Waals surface area contributed by atoms with E-state index in [1.807, 2.05) is 0 Å². The minimum Gasteiger partial charge on any atom is -0.500 e. The van der Waals surface area contributed by atoms with E-state index in [1.54, 1.807) is 0 Å². The van der Waals surface area contributed by atoms with Crippen LogP contribution in [0.1, 0.15) is 37.7 Å². The highest BCUT2D eigenvalue weighted by Crippen LogP contribution is 2.39. The molecule has 0 aromatic heterocycles. The summed E-state index contributed by atoms with van der Waals surface area (Å²) in [6.45, 7) is 0.418. The fourth-order valence-corrected chi connectivity index (χ4v) is 4.28. The maximum absolute atomic E-state index is 12.6. The van der Waals surface area contributed by atoms with E-state index in [-0.39, 0.29) is 21.8 Å². The Morgan fingerprint density at radius 3 is 2.67 bits per heavy atom. The minimum absolute atomic E-state index is 0.0723. The van der Waals surface area contributed by atoms with Crippen molar-refractivity contribution in [3.05, 3.63) is 32.7 Å². The van der Waals surface area contributed by atoms with Crippen LogP contribution in [0.3, 0.4) is 0 Å². The molecule has 9 heteroatoms. The number of nitro groups is 1. The second-order valence-corrected chi connectivity index (χ2v) is 7.64. The number of phenols is 1. The van der Waals surface area contributed by atoms with E-state index in [0.29, 0.717) is 18.0 Å². The molecule has 1 saturated heterocycles. The van der Waals surface area contributed by atoms with Crippen molar-refractivity contribution in [2.24, 2.45) is 5.92 Å². The fraction of sp³-hybridized carbons (Fsp3) is 0.444. The third-order valence-corrected chi connectivity index (χ3v) is 5.74. The highest BCUT2D eigenvalue weighted by Gasteiger charge is 2.36. The van der Waals surface area contributed by atoms with E-state index >= 15 is 0 Å². The maximum Gasteiger partial charge on any atom is 0.315 e. The summed E-state index contributed by atoms with van der Waals surface area (Å²) in [7, 11) is 1.28. The molecule has 0 atom stereocenters. The minimum atomic E-state index is -0.732. The molecule has 0 spiro atoms. The summed E-state index contributed by atoms with van der Waals surface area (Å²) in [5.74, 6) is -0.700. The van der Waals surface area contributed by atoms with Crippen LogP contribution in [-0.2, 0) is 4.79 Å². The summed E-state index contributed by atoms with van der Waals surface area (Å²) in [5.41, 5.74) is -0.221. The van der Waals surface area contributed by atoms with Crippen LogP contribution in [0.2, 0.25) is 0 Å². The van der Waals surface area contributed by atoms with Gasteiger partial charge in [0.25, 0.3) is 11.1 Å². The SMILES string of the molecule is COc1cc(/C=C2/SC(=O)N(CC3CCCCC3)C2=O)cc([N+](=O)[O-])c1O. The Hall–Kier alpha value is -2.55. The van der Waals surface area contributed by atoms with E-state index in [0.717, 1.165) is 43.5 Å². The van der Waals surface area contributed by atoms with Crippen LogP contribution in [0, 0.1) is 16.0 Å². The van der Waals surface area contributed by atoms with Crippen LogP contribution in [0.5, 0.6) is 11.5 Å². The van der Waals surface area contributed by atoms with E-state index in [1.165, 1.54) is 30.6 Å². The average molecular weight is 392 g/mol. The number of methoxy groups -OCH3 is 1. The summed E-state index contributed by atoms with van der Waals surface area (Å²) in [6.07, 6.45) is 6.88. The lowest BCUT2D eigenvalue weighted by molar-refractivity contribution is -0.386. The van der Waals surface area contributed by atoms with Crippen molar-refractivity contribution in [3.8, 4) is 11.5 Å². The normalized spacial score (nSPS) is 19.7. The van der Waals surface area contributed by atoms with E-state index in [2.05, 4.69) is 0 Å². The van der Waals surface area contributed by atoms with Crippen molar-refractivity contribution < 1.29 is 24.4 Å². The Labute approximate surface area is 160 Å². The van der Waals surface area contributed by atoms with Crippen LogP contribution >= 0.6 is 11.8 Å². The highest BCUT2D eigenvalue weighted by molar-refractivity contribution is 8.18. The second kappa shape index (κ2) is 7.99. The summed E-state index contributed by atoms with van der Waals surface area (Å²) in [6, 6.07) is 2.53. The lowest BCUT2D eigenvalue weighted by Crippen LogP contribution is -2.34. The molecule has 1 aliphatic heterocycles. The van der Waals surface area contributed by atoms with E-state index in [9.17, 15) is 24.8 Å². The van der Waals surface area contributed by atoms with Gasteiger partial charge in [-0.2, -0.15) is 0 Å². The number of imide groups is 1. The molecular weight excluding hydrogens is 372 g/mol. The number of hydrogen-bond donors (Lipinski definition) is 1. The molecule has 1 aliphatic carbocycles. The molecule has 144 valence electrons. The molecule has 1 heterocycles. The number of ether oxygens (including phenoxy) is 1. The fourth-order valence-electron chi connectivity index (χ4n) is 3.43. The van der Waals surface area contributed by atoms with Crippen molar-refractivity contribution in [3.63, 3.8) is 0 Å². The number of phenolic OH excluding ortho intramolecular Hbond substituents is 1. The van der Waals surface area contributed by atoms with Crippen molar-refractivity contribution in [1.29, 1.82) is 0 Å². The van der Waals surface area contributed by atoms with Gasteiger partial charge in [-0.3, -0.25) is 24.6 Å². The number of rotatable bonds is 5. The first kappa shape index (κ1) is 19.2. The Bertz CT molecular complexity index is 816. The molecule has 0 radical (unpaired) electrons. The van der Waals surface area contributed by atoms with Gasteiger partial charge in [-0.05, 0) is 48.2 Å². The van der Waals surface area contributed by atoms with Crippen molar-refractivity contribution in [2.75, 3.05) is 13.7 Å². The van der Waals surface area contributed by atoms with Gasteiger partial charge >= 0.3 is 5.69 Å². The molecule has 2 aliphatic rings. The van der Waals surface area contributed by atoms with Crippen molar-refractivity contribution >= 4 is 34.7 Å². The number of nitro benzene ring substituents is 1. The Morgan fingerprint density at radius 2 is 2.04 bits per heavy atom. The number of thioether (sulfide) groups is 1. The molecule has 8 nitrogen and oxygen atoms in total. The smallest absolute Gasteiger partial charge is 0.315 e. The van der Waals surface area contributed by atoms with Gasteiger partial charge in [0.15, 0.2) is 5.75 Å². The quantitative estimate of drug-likeness (QED) is 0.459. The lowest BCUT2D eigenvalue weighted by Gasteiger charge is -2.25. The van der Waals surface area contributed by atoms with Gasteiger partial charge in [-0.25, -0.2) is 0 Å². The monoisotopic (exact) mass is 392 g/mol. The van der Waals surface area contributed by atoms with Gasteiger partial charge in [0.05, 0.1) is 16.9 Å². The number of nitrogens with zero attached hydrogens (tertiary/aromatic N) is 2. The third-order valence-electron chi connectivity index (χ3n) is 4.83. The first-order valence-corrected chi connectivity index (χ1v) is 9.53. The standard InChI is InChI=1S/C18H20N2O6S/c1-26-14-8-12(7-13(16(14)21)20(24)25)9-15-17(22)19(18(23)27-15)10-11-5-3-2-4-6-11/h7-9,11,21H,2-6,10H2,1H3/b15-9+. The predicted octanol–water partition coefficient (Wildman–Crippen LogP) is 3.93. The molecule has 1 saturated carbocycles. The zero-order valence-corrected chi connectivity index (χ0v) is 15.7. The van der Waals surface area contributed by atoms with Crippen LogP contribution < -0.4 is 4.74 Å². The molecule has 2 fully saturated rings. The lowest BCUT2D eigenvalue weighted by atomic mass is 9.89. The topological polar surface area (TPSA) is 110 Å². The van der Waals surface area contributed by atoms with Gasteiger partial charge in [0.1, 0.15) is 0 Å². The highest BCUT2D eigenvalue weighted by atomic mass is 32.2. The number of carbonyl (C=O) groups excluding carboxylic acids is 2.